The molecule has 40 heavy (non-hydrogen) atoms. The first kappa shape index (κ1) is 27.3. The van der Waals surface area contributed by atoms with Crippen LogP contribution < -0.4 is 20.9 Å². The second kappa shape index (κ2) is 13.2. The number of aromatic nitrogens is 1. The number of amides is 2. The minimum Gasteiger partial charge on any atom is -0.369 e. The van der Waals surface area contributed by atoms with Crippen LogP contribution in [0.25, 0.3) is 22.2 Å². The van der Waals surface area contributed by atoms with Crippen LogP contribution in [0.2, 0.25) is 0 Å². The molecule has 0 saturated heterocycles. The molecule has 4 aromatic carbocycles. The van der Waals surface area contributed by atoms with E-state index in [0.717, 1.165) is 39.2 Å². The third-order valence-corrected chi connectivity index (χ3v) is 6.72. The number of fused-ring (bicyclic) bond motifs is 1. The van der Waals surface area contributed by atoms with Gasteiger partial charge >= 0.3 is 6.03 Å². The molecular weight excluding hydrogens is 541 g/mol. The Morgan fingerprint density at radius 1 is 0.700 bits per heavy atom. The maximum absolute atomic E-state index is 12.8. The number of halogens is 2. The molecule has 1 aromatic heterocycles. The van der Waals surface area contributed by atoms with Gasteiger partial charge in [0.15, 0.2) is 0 Å². The van der Waals surface area contributed by atoms with E-state index < -0.39 is 0 Å². The van der Waals surface area contributed by atoms with Gasteiger partial charge in [0.25, 0.3) is 0 Å². The summed E-state index contributed by atoms with van der Waals surface area (Å²) in [5, 5.41) is 10.3. The fourth-order valence-corrected chi connectivity index (χ4v) is 4.90. The number of pyridine rings is 1. The van der Waals surface area contributed by atoms with Crippen LogP contribution in [0, 0.1) is 0 Å². The second-order valence-electron chi connectivity index (χ2n) is 9.14. The Morgan fingerprint density at radius 3 is 2.12 bits per heavy atom. The monoisotopic (exact) mass is 569 g/mol. The number of hydrogen-bond donors (Lipinski definition) is 3. The van der Waals surface area contributed by atoms with Crippen molar-refractivity contribution in [3.63, 3.8) is 0 Å². The Morgan fingerprint density at radius 2 is 1.38 bits per heavy atom. The number of hydrogen-bond acceptors (Lipinski definition) is 4. The first-order valence-electron chi connectivity index (χ1n) is 13.0. The Balaban J connectivity index is 1.29. The normalized spacial score (nSPS) is 10.8. The molecule has 0 spiro atoms. The minimum absolute atomic E-state index is 0.330. The van der Waals surface area contributed by atoms with E-state index >= 15 is 0 Å². The van der Waals surface area contributed by atoms with Crippen molar-refractivity contribution in [2.75, 3.05) is 45.7 Å². The summed E-state index contributed by atoms with van der Waals surface area (Å²) in [6, 6.07) is 35.1. The van der Waals surface area contributed by atoms with Crippen molar-refractivity contribution < 1.29 is 4.79 Å². The maximum Gasteiger partial charge on any atom is 0.323 e. The molecule has 0 atom stereocenters. The predicted molar refractivity (Wildman–Crippen MR) is 170 cm³/mol. The quantitative estimate of drug-likeness (QED) is 0.147. The average Bonchev–Trinajstić information content (AvgIpc) is 2.98. The van der Waals surface area contributed by atoms with Crippen molar-refractivity contribution >= 4 is 68.6 Å². The van der Waals surface area contributed by atoms with Crippen LogP contribution in [0.5, 0.6) is 0 Å². The molecule has 6 nitrogen and oxygen atoms in total. The number of para-hydroxylation sites is 1. The second-order valence-corrected chi connectivity index (χ2v) is 9.89. The summed E-state index contributed by atoms with van der Waals surface area (Å²) >= 11 is 11.8. The summed E-state index contributed by atoms with van der Waals surface area (Å²) in [7, 11) is 0. The van der Waals surface area contributed by atoms with E-state index in [1.54, 1.807) is 0 Å². The summed E-state index contributed by atoms with van der Waals surface area (Å²) in [5.41, 5.74) is 6.96. The van der Waals surface area contributed by atoms with Crippen LogP contribution >= 0.6 is 23.2 Å². The Kier molecular flexibility index (Phi) is 9.01. The number of carbonyl (C=O) groups excluding carboxylic acids is 1. The zero-order valence-corrected chi connectivity index (χ0v) is 23.3. The molecule has 1 heterocycles. The van der Waals surface area contributed by atoms with Gasteiger partial charge in [0.05, 0.1) is 16.9 Å². The molecule has 0 aliphatic rings. The predicted octanol–water partition coefficient (Wildman–Crippen LogP) is 8.57. The van der Waals surface area contributed by atoms with E-state index in [0.29, 0.717) is 36.2 Å². The van der Waals surface area contributed by atoms with Gasteiger partial charge in [-0.15, -0.1) is 23.2 Å². The van der Waals surface area contributed by atoms with E-state index in [2.05, 4.69) is 26.9 Å². The molecule has 202 valence electrons. The van der Waals surface area contributed by atoms with Gasteiger partial charge in [0.1, 0.15) is 0 Å². The molecule has 0 radical (unpaired) electrons. The van der Waals surface area contributed by atoms with Gasteiger partial charge < -0.3 is 20.9 Å². The highest BCUT2D eigenvalue weighted by atomic mass is 35.5. The molecule has 0 unspecified atom stereocenters. The van der Waals surface area contributed by atoms with Gasteiger partial charge in [0, 0.05) is 58.5 Å². The van der Waals surface area contributed by atoms with Crippen LogP contribution in [0.15, 0.2) is 109 Å². The number of carbonyl (C=O) groups is 1. The summed E-state index contributed by atoms with van der Waals surface area (Å²) in [4.78, 5) is 19.7. The van der Waals surface area contributed by atoms with E-state index in [1.807, 2.05) is 103 Å². The van der Waals surface area contributed by atoms with E-state index in [4.69, 9.17) is 28.2 Å². The molecule has 8 heteroatoms. The molecule has 0 fully saturated rings. The van der Waals surface area contributed by atoms with Gasteiger partial charge in [-0.25, -0.2) is 9.78 Å². The zero-order valence-electron chi connectivity index (χ0n) is 21.8. The molecule has 0 aliphatic heterocycles. The first-order chi connectivity index (χ1) is 19.6. The third kappa shape index (κ3) is 6.84. The number of alkyl halides is 2. The number of anilines is 5. The molecule has 0 saturated carbocycles. The van der Waals surface area contributed by atoms with Crippen molar-refractivity contribution in [3.05, 3.63) is 109 Å². The van der Waals surface area contributed by atoms with Gasteiger partial charge in [-0.3, -0.25) is 0 Å². The lowest BCUT2D eigenvalue weighted by atomic mass is 10.1. The van der Waals surface area contributed by atoms with Crippen LogP contribution in [0.1, 0.15) is 0 Å². The fourth-order valence-electron chi connectivity index (χ4n) is 4.49. The minimum atomic E-state index is -0.330. The average molecular weight is 571 g/mol. The summed E-state index contributed by atoms with van der Waals surface area (Å²) in [6.07, 6.45) is 0. The van der Waals surface area contributed by atoms with Crippen LogP contribution in [-0.4, -0.2) is 35.9 Å². The van der Waals surface area contributed by atoms with E-state index in [9.17, 15) is 4.79 Å². The van der Waals surface area contributed by atoms with Crippen LogP contribution in [0.4, 0.5) is 33.2 Å². The lowest BCUT2D eigenvalue weighted by Crippen LogP contribution is -2.27. The Labute approximate surface area is 244 Å². The number of nitrogens with one attached hydrogen (secondary N) is 3. The Bertz CT molecular complexity index is 1570. The summed E-state index contributed by atoms with van der Waals surface area (Å²) in [5.74, 6) is 1.03. The van der Waals surface area contributed by atoms with Crippen LogP contribution in [-0.2, 0) is 0 Å². The molecule has 0 aliphatic carbocycles. The molecule has 2 amide bonds. The number of rotatable bonds is 10. The Hall–Kier alpha value is -4.26. The van der Waals surface area contributed by atoms with E-state index in [1.165, 1.54) is 0 Å². The summed E-state index contributed by atoms with van der Waals surface area (Å²) in [6.45, 7) is 1.41. The van der Waals surface area contributed by atoms with Crippen molar-refractivity contribution in [3.8, 4) is 11.3 Å². The van der Waals surface area contributed by atoms with Crippen LogP contribution in [0.3, 0.4) is 0 Å². The van der Waals surface area contributed by atoms with Crippen molar-refractivity contribution in [2.45, 2.75) is 0 Å². The lowest BCUT2D eigenvalue weighted by Gasteiger charge is -2.23. The number of urea groups is 1. The highest BCUT2D eigenvalue weighted by Crippen LogP contribution is 2.31. The van der Waals surface area contributed by atoms with Gasteiger partial charge in [-0.2, -0.15) is 0 Å². The fraction of sp³-hybridized carbons (Fsp3) is 0.125. The lowest BCUT2D eigenvalue weighted by molar-refractivity contribution is 0.262. The SMILES string of the molecule is O=C(Nc1ccc(N(CCCl)CCCl)cc1)Nc1cccc(Nc2cc(-c3ccccc3)nc3ccccc23)c1. The molecule has 0 bridgehead atoms. The molecule has 3 N–H and O–H groups in total. The summed E-state index contributed by atoms with van der Waals surface area (Å²) < 4.78 is 0. The maximum atomic E-state index is 12.8. The molecule has 5 aromatic rings. The van der Waals surface area contributed by atoms with Crippen molar-refractivity contribution in [2.24, 2.45) is 0 Å². The highest BCUT2D eigenvalue weighted by molar-refractivity contribution is 6.18. The standard InChI is InChI=1S/C32H29Cl2N5O/c33-17-19-39(20-18-34)27-15-13-24(14-16-27)36-32(40)37-26-10-6-9-25(21-26)35-31-22-30(23-7-2-1-3-8-23)38-29-12-5-4-11-28(29)31/h1-16,21-22H,17-20H2,(H,35,38)(H2,36,37,40). The smallest absolute Gasteiger partial charge is 0.323 e. The zero-order chi connectivity index (χ0) is 27.7. The molecular formula is C32H29Cl2N5O. The number of benzene rings is 4. The third-order valence-electron chi connectivity index (χ3n) is 6.38. The topological polar surface area (TPSA) is 69.3 Å². The van der Waals surface area contributed by atoms with E-state index in [-0.39, 0.29) is 6.03 Å². The first-order valence-corrected chi connectivity index (χ1v) is 14.1. The highest BCUT2D eigenvalue weighted by Gasteiger charge is 2.10. The van der Waals surface area contributed by atoms with Gasteiger partial charge in [-0.05, 0) is 54.6 Å². The largest absolute Gasteiger partial charge is 0.369 e. The van der Waals surface area contributed by atoms with Gasteiger partial charge in [0.2, 0.25) is 0 Å². The van der Waals surface area contributed by atoms with Crippen molar-refractivity contribution in [1.82, 2.24) is 4.98 Å². The van der Waals surface area contributed by atoms with Gasteiger partial charge in [-0.1, -0.05) is 54.6 Å². The number of nitrogens with zero attached hydrogens (tertiary/aromatic N) is 2. The van der Waals surface area contributed by atoms with Crippen molar-refractivity contribution in [1.29, 1.82) is 0 Å². The molecule has 5 rings (SSSR count).